The molecule has 1 aromatic carbocycles. The van der Waals surface area contributed by atoms with Crippen LogP contribution in [-0.2, 0) is 0 Å². The molecule has 0 saturated heterocycles. The third kappa shape index (κ3) is 2.59. The SMILES string of the molecule is Cc1cc(C(N)C2CCCCC2(C)C)ccc1F. The van der Waals surface area contributed by atoms with Crippen molar-refractivity contribution < 1.29 is 4.39 Å². The molecule has 0 aliphatic heterocycles. The molecule has 2 N–H and O–H groups in total. The molecule has 0 spiro atoms. The quantitative estimate of drug-likeness (QED) is 0.828. The summed E-state index contributed by atoms with van der Waals surface area (Å²) in [6, 6.07) is 5.32. The van der Waals surface area contributed by atoms with Crippen LogP contribution in [0, 0.1) is 24.1 Å². The summed E-state index contributed by atoms with van der Waals surface area (Å²) in [6.07, 6.45) is 5.00. The summed E-state index contributed by atoms with van der Waals surface area (Å²) < 4.78 is 13.3. The van der Waals surface area contributed by atoms with E-state index in [0.29, 0.717) is 16.9 Å². The predicted molar refractivity (Wildman–Crippen MR) is 73.8 cm³/mol. The second-order valence-corrected chi connectivity index (χ2v) is 6.38. The Labute approximate surface area is 110 Å². The van der Waals surface area contributed by atoms with Gasteiger partial charge in [-0.15, -0.1) is 0 Å². The molecule has 0 bridgehead atoms. The van der Waals surface area contributed by atoms with Gasteiger partial charge in [0.15, 0.2) is 0 Å². The minimum atomic E-state index is -0.145. The maximum absolute atomic E-state index is 13.3. The fourth-order valence-electron chi connectivity index (χ4n) is 3.29. The molecule has 2 rings (SSSR count). The Balaban J connectivity index is 2.24. The summed E-state index contributed by atoms with van der Waals surface area (Å²) in [7, 11) is 0. The van der Waals surface area contributed by atoms with Gasteiger partial charge >= 0.3 is 0 Å². The molecule has 0 aromatic heterocycles. The first-order valence-corrected chi connectivity index (χ1v) is 6.93. The highest BCUT2D eigenvalue weighted by atomic mass is 19.1. The average molecular weight is 249 g/mol. The molecule has 100 valence electrons. The lowest BCUT2D eigenvalue weighted by atomic mass is 9.65. The number of rotatable bonds is 2. The van der Waals surface area contributed by atoms with Crippen molar-refractivity contribution in [2.45, 2.75) is 52.5 Å². The fourth-order valence-corrected chi connectivity index (χ4v) is 3.29. The zero-order valence-electron chi connectivity index (χ0n) is 11.7. The molecule has 1 aliphatic carbocycles. The molecule has 2 atom stereocenters. The maximum Gasteiger partial charge on any atom is 0.126 e. The molecule has 18 heavy (non-hydrogen) atoms. The lowest BCUT2D eigenvalue weighted by Crippen LogP contribution is -2.36. The predicted octanol–water partition coefficient (Wildman–Crippen LogP) is 4.35. The van der Waals surface area contributed by atoms with Crippen LogP contribution in [0.25, 0.3) is 0 Å². The standard InChI is InChI=1S/C16H24FN/c1-11-10-12(7-8-14(11)17)15(18)13-6-4-5-9-16(13,2)3/h7-8,10,13,15H,4-6,9,18H2,1-3H3. The van der Waals surface area contributed by atoms with Crippen LogP contribution >= 0.6 is 0 Å². The molecule has 1 aromatic rings. The topological polar surface area (TPSA) is 26.0 Å². The van der Waals surface area contributed by atoms with Gasteiger partial charge in [-0.2, -0.15) is 0 Å². The van der Waals surface area contributed by atoms with E-state index in [0.717, 1.165) is 5.56 Å². The Morgan fingerprint density at radius 1 is 1.33 bits per heavy atom. The minimum absolute atomic E-state index is 0.0274. The third-order valence-electron chi connectivity index (χ3n) is 4.59. The summed E-state index contributed by atoms with van der Waals surface area (Å²) in [5, 5.41) is 0. The van der Waals surface area contributed by atoms with Crippen LogP contribution in [0.3, 0.4) is 0 Å². The van der Waals surface area contributed by atoms with Gasteiger partial charge < -0.3 is 5.73 Å². The molecule has 0 heterocycles. The fraction of sp³-hybridized carbons (Fsp3) is 0.625. The second kappa shape index (κ2) is 5.00. The van der Waals surface area contributed by atoms with Gasteiger partial charge in [0.05, 0.1) is 0 Å². The van der Waals surface area contributed by atoms with E-state index in [2.05, 4.69) is 13.8 Å². The molecule has 1 fully saturated rings. The molecule has 0 amide bonds. The van der Waals surface area contributed by atoms with Crippen LogP contribution in [0.1, 0.15) is 56.7 Å². The number of benzene rings is 1. The maximum atomic E-state index is 13.3. The van der Waals surface area contributed by atoms with Gasteiger partial charge in [-0.3, -0.25) is 0 Å². The Hall–Kier alpha value is -0.890. The van der Waals surface area contributed by atoms with E-state index in [1.54, 1.807) is 13.0 Å². The van der Waals surface area contributed by atoms with Gasteiger partial charge in [0.1, 0.15) is 5.82 Å². The van der Waals surface area contributed by atoms with Crippen molar-refractivity contribution in [2.75, 3.05) is 0 Å². The van der Waals surface area contributed by atoms with Gasteiger partial charge in [0.25, 0.3) is 0 Å². The minimum Gasteiger partial charge on any atom is -0.324 e. The summed E-state index contributed by atoms with van der Waals surface area (Å²) in [6.45, 7) is 6.43. The molecule has 1 aliphatic rings. The smallest absolute Gasteiger partial charge is 0.126 e. The van der Waals surface area contributed by atoms with Crippen molar-refractivity contribution >= 4 is 0 Å². The first-order valence-electron chi connectivity index (χ1n) is 6.93. The number of hydrogen-bond acceptors (Lipinski definition) is 1. The summed E-state index contributed by atoms with van der Waals surface area (Å²) >= 11 is 0. The largest absolute Gasteiger partial charge is 0.324 e. The molecule has 2 heteroatoms. The monoisotopic (exact) mass is 249 g/mol. The van der Waals surface area contributed by atoms with Gasteiger partial charge in [0, 0.05) is 6.04 Å². The van der Waals surface area contributed by atoms with E-state index >= 15 is 0 Å². The van der Waals surface area contributed by atoms with Crippen LogP contribution < -0.4 is 5.73 Å². The second-order valence-electron chi connectivity index (χ2n) is 6.38. The first kappa shape index (κ1) is 13.5. The Bertz CT molecular complexity index is 425. The molecular formula is C16H24FN. The number of aryl methyl sites for hydroxylation is 1. The Kier molecular flexibility index (Phi) is 3.76. The summed E-state index contributed by atoms with van der Waals surface area (Å²) in [5.74, 6) is 0.352. The number of halogens is 1. The number of hydrogen-bond donors (Lipinski definition) is 1. The third-order valence-corrected chi connectivity index (χ3v) is 4.59. The molecule has 1 nitrogen and oxygen atoms in total. The van der Waals surface area contributed by atoms with Gasteiger partial charge in [-0.25, -0.2) is 4.39 Å². The normalized spacial score (nSPS) is 24.8. The lowest BCUT2D eigenvalue weighted by molar-refractivity contribution is 0.112. The van der Waals surface area contributed by atoms with Crippen LogP contribution in [0.2, 0.25) is 0 Å². The van der Waals surface area contributed by atoms with E-state index < -0.39 is 0 Å². The van der Waals surface area contributed by atoms with E-state index in [-0.39, 0.29) is 11.9 Å². The molecule has 0 radical (unpaired) electrons. The van der Waals surface area contributed by atoms with Gasteiger partial charge in [-0.05, 0) is 48.3 Å². The zero-order chi connectivity index (χ0) is 13.3. The van der Waals surface area contributed by atoms with E-state index in [9.17, 15) is 4.39 Å². The molecular weight excluding hydrogens is 225 g/mol. The number of nitrogens with two attached hydrogens (primary N) is 1. The summed E-state index contributed by atoms with van der Waals surface area (Å²) in [4.78, 5) is 0. The van der Waals surface area contributed by atoms with E-state index in [4.69, 9.17) is 5.73 Å². The van der Waals surface area contributed by atoms with Crippen molar-refractivity contribution in [1.82, 2.24) is 0 Å². The summed E-state index contributed by atoms with van der Waals surface area (Å²) in [5.41, 5.74) is 8.50. The Morgan fingerprint density at radius 3 is 2.67 bits per heavy atom. The van der Waals surface area contributed by atoms with Crippen LogP contribution in [0.4, 0.5) is 4.39 Å². The van der Waals surface area contributed by atoms with Crippen LogP contribution in [0.5, 0.6) is 0 Å². The zero-order valence-corrected chi connectivity index (χ0v) is 11.7. The van der Waals surface area contributed by atoms with E-state index in [1.165, 1.54) is 25.7 Å². The Morgan fingerprint density at radius 2 is 2.06 bits per heavy atom. The lowest BCUT2D eigenvalue weighted by Gasteiger charge is -2.42. The van der Waals surface area contributed by atoms with Crippen LogP contribution in [0.15, 0.2) is 18.2 Å². The van der Waals surface area contributed by atoms with Crippen molar-refractivity contribution in [3.8, 4) is 0 Å². The van der Waals surface area contributed by atoms with Crippen molar-refractivity contribution in [1.29, 1.82) is 0 Å². The average Bonchev–Trinajstić information content (AvgIpc) is 2.31. The van der Waals surface area contributed by atoms with Crippen molar-refractivity contribution in [3.63, 3.8) is 0 Å². The van der Waals surface area contributed by atoms with Gasteiger partial charge in [-0.1, -0.05) is 38.8 Å². The first-order chi connectivity index (χ1) is 8.42. The van der Waals surface area contributed by atoms with Crippen molar-refractivity contribution in [2.24, 2.45) is 17.1 Å². The molecule has 1 saturated carbocycles. The van der Waals surface area contributed by atoms with Gasteiger partial charge in [0.2, 0.25) is 0 Å². The highest BCUT2D eigenvalue weighted by Crippen LogP contribution is 2.45. The van der Waals surface area contributed by atoms with Crippen LogP contribution in [-0.4, -0.2) is 0 Å². The highest BCUT2D eigenvalue weighted by Gasteiger charge is 2.36. The molecule has 2 unspecified atom stereocenters. The van der Waals surface area contributed by atoms with Crippen molar-refractivity contribution in [3.05, 3.63) is 35.1 Å². The van der Waals surface area contributed by atoms with E-state index in [1.807, 2.05) is 12.1 Å². The highest BCUT2D eigenvalue weighted by molar-refractivity contribution is 5.27.